The highest BCUT2D eigenvalue weighted by Gasteiger charge is 2.16. The Labute approximate surface area is 156 Å². The van der Waals surface area contributed by atoms with Crippen LogP contribution in [0.2, 0.25) is 0 Å². The maximum Gasteiger partial charge on any atom is 0.240 e. The molecule has 142 valence electrons. The number of hydrogen-bond acceptors (Lipinski definition) is 5. The summed E-state index contributed by atoms with van der Waals surface area (Å²) in [6.45, 7) is 2.06. The second kappa shape index (κ2) is 7.85. The summed E-state index contributed by atoms with van der Waals surface area (Å²) in [5, 5.41) is 4.09. The summed E-state index contributed by atoms with van der Waals surface area (Å²) in [4.78, 5) is 4.15. The van der Waals surface area contributed by atoms with E-state index in [1.807, 2.05) is 13.2 Å². The Morgan fingerprint density at radius 2 is 2.04 bits per heavy atom. The number of nitrogens with one attached hydrogen (secondary N) is 1. The van der Waals surface area contributed by atoms with Gasteiger partial charge in [-0.2, -0.15) is 5.10 Å². The van der Waals surface area contributed by atoms with Crippen molar-refractivity contribution in [1.82, 2.24) is 19.5 Å². The summed E-state index contributed by atoms with van der Waals surface area (Å²) in [5.41, 5.74) is 2.29. The van der Waals surface area contributed by atoms with E-state index in [1.165, 1.54) is 12.1 Å². The van der Waals surface area contributed by atoms with Crippen molar-refractivity contribution in [3.8, 4) is 17.0 Å². The fourth-order valence-corrected chi connectivity index (χ4v) is 3.47. The van der Waals surface area contributed by atoms with E-state index in [1.54, 1.807) is 36.1 Å². The summed E-state index contributed by atoms with van der Waals surface area (Å²) in [6, 6.07) is 7.11. The molecule has 0 aliphatic rings. The van der Waals surface area contributed by atoms with Crippen LogP contribution in [0.15, 0.2) is 53.8 Å². The summed E-state index contributed by atoms with van der Waals surface area (Å²) in [5.74, 6) is -0.700. The molecule has 3 rings (SSSR count). The van der Waals surface area contributed by atoms with Crippen LogP contribution in [0.3, 0.4) is 0 Å². The average Bonchev–Trinajstić information content (AvgIpc) is 3.09. The van der Waals surface area contributed by atoms with Crippen LogP contribution in [0.1, 0.15) is 12.5 Å². The molecule has 0 amide bonds. The molecule has 0 fully saturated rings. The smallest absolute Gasteiger partial charge is 0.240 e. The fraction of sp³-hybridized carbons (Fsp3) is 0.222. The van der Waals surface area contributed by atoms with Crippen LogP contribution in [0, 0.1) is 5.82 Å². The largest absolute Gasteiger partial charge is 0.491 e. The fourth-order valence-electron chi connectivity index (χ4n) is 2.44. The number of pyridine rings is 1. The van der Waals surface area contributed by atoms with E-state index >= 15 is 0 Å². The molecule has 27 heavy (non-hydrogen) atoms. The lowest BCUT2D eigenvalue weighted by molar-refractivity contribution is 0.321. The van der Waals surface area contributed by atoms with Gasteiger partial charge in [0.1, 0.15) is 0 Å². The van der Waals surface area contributed by atoms with Crippen molar-refractivity contribution in [3.05, 3.63) is 60.3 Å². The second-order valence-electron chi connectivity index (χ2n) is 5.80. The van der Waals surface area contributed by atoms with Crippen molar-refractivity contribution < 1.29 is 17.5 Å². The number of aromatic nitrogens is 3. The maximum absolute atomic E-state index is 13.9. The lowest BCUT2D eigenvalue weighted by Crippen LogP contribution is -2.23. The van der Waals surface area contributed by atoms with Gasteiger partial charge in [-0.1, -0.05) is 6.07 Å². The first kappa shape index (κ1) is 19.0. The third-order valence-corrected chi connectivity index (χ3v) is 5.20. The number of rotatable bonds is 7. The normalized spacial score (nSPS) is 11.5. The molecule has 1 aromatic carbocycles. The lowest BCUT2D eigenvalue weighted by atomic mass is 10.2. The van der Waals surface area contributed by atoms with Crippen LogP contribution in [0.4, 0.5) is 4.39 Å². The Bertz CT molecular complexity index is 1030. The first-order valence-electron chi connectivity index (χ1n) is 8.25. The van der Waals surface area contributed by atoms with Crippen molar-refractivity contribution in [2.24, 2.45) is 7.05 Å². The number of ether oxygens (including phenoxy) is 1. The highest BCUT2D eigenvalue weighted by molar-refractivity contribution is 7.89. The quantitative estimate of drug-likeness (QED) is 0.670. The Morgan fingerprint density at radius 3 is 2.63 bits per heavy atom. The van der Waals surface area contributed by atoms with Crippen LogP contribution < -0.4 is 9.46 Å². The number of nitrogens with zero attached hydrogens (tertiary/aromatic N) is 3. The number of sulfonamides is 1. The molecule has 3 aromatic rings. The van der Waals surface area contributed by atoms with E-state index in [4.69, 9.17) is 4.74 Å². The Morgan fingerprint density at radius 1 is 1.22 bits per heavy atom. The van der Waals surface area contributed by atoms with Crippen molar-refractivity contribution >= 4 is 10.0 Å². The number of aryl methyl sites for hydroxylation is 1. The van der Waals surface area contributed by atoms with E-state index < -0.39 is 15.8 Å². The van der Waals surface area contributed by atoms with E-state index in [9.17, 15) is 12.8 Å². The van der Waals surface area contributed by atoms with Crippen molar-refractivity contribution in [2.75, 3.05) is 6.61 Å². The minimum absolute atomic E-state index is 0.0200. The molecule has 2 aromatic heterocycles. The highest BCUT2D eigenvalue weighted by atomic mass is 32.2. The summed E-state index contributed by atoms with van der Waals surface area (Å²) in [7, 11) is -2.04. The Hall–Kier alpha value is -2.78. The summed E-state index contributed by atoms with van der Waals surface area (Å²) < 4.78 is 47.8. The minimum Gasteiger partial charge on any atom is -0.491 e. The first-order valence-corrected chi connectivity index (χ1v) is 9.73. The molecular formula is C18H19FN4O3S. The zero-order chi connectivity index (χ0) is 19.4. The van der Waals surface area contributed by atoms with Crippen molar-refractivity contribution in [2.45, 2.75) is 18.4 Å². The molecule has 0 aliphatic carbocycles. The predicted molar refractivity (Wildman–Crippen MR) is 98.0 cm³/mol. The van der Waals surface area contributed by atoms with Crippen LogP contribution in [0.5, 0.6) is 5.75 Å². The molecule has 1 N–H and O–H groups in total. The van der Waals surface area contributed by atoms with Gasteiger partial charge in [0.05, 0.1) is 23.4 Å². The zero-order valence-electron chi connectivity index (χ0n) is 14.9. The predicted octanol–water partition coefficient (Wildman–Crippen LogP) is 2.50. The molecule has 0 radical (unpaired) electrons. The molecule has 0 saturated carbocycles. The van der Waals surface area contributed by atoms with Gasteiger partial charge >= 0.3 is 0 Å². The Balaban J connectivity index is 1.69. The van der Waals surface area contributed by atoms with Gasteiger partial charge in [0.25, 0.3) is 0 Å². The Kier molecular flexibility index (Phi) is 5.52. The van der Waals surface area contributed by atoms with Crippen molar-refractivity contribution in [1.29, 1.82) is 0 Å². The van der Waals surface area contributed by atoms with Crippen LogP contribution in [-0.4, -0.2) is 29.8 Å². The monoisotopic (exact) mass is 390 g/mol. The molecule has 0 spiro atoms. The van der Waals surface area contributed by atoms with Crippen LogP contribution in [-0.2, 0) is 23.6 Å². The van der Waals surface area contributed by atoms with Gasteiger partial charge in [0.2, 0.25) is 10.0 Å². The number of hydrogen-bond donors (Lipinski definition) is 1. The van der Waals surface area contributed by atoms with E-state index in [2.05, 4.69) is 14.8 Å². The van der Waals surface area contributed by atoms with Gasteiger partial charge in [0.15, 0.2) is 11.6 Å². The molecule has 0 unspecified atom stereocenters. The molecule has 9 heteroatoms. The molecule has 2 heterocycles. The molecule has 0 aliphatic heterocycles. The van der Waals surface area contributed by atoms with Gasteiger partial charge in [-0.15, -0.1) is 0 Å². The molecule has 7 nitrogen and oxygen atoms in total. The summed E-state index contributed by atoms with van der Waals surface area (Å²) >= 11 is 0. The van der Waals surface area contributed by atoms with Gasteiger partial charge in [-0.3, -0.25) is 9.67 Å². The molecule has 0 bridgehead atoms. The van der Waals surface area contributed by atoms with Crippen LogP contribution >= 0.6 is 0 Å². The van der Waals surface area contributed by atoms with Gasteiger partial charge < -0.3 is 4.74 Å². The highest BCUT2D eigenvalue weighted by Crippen LogP contribution is 2.21. The molecule has 0 saturated heterocycles. The standard InChI is InChI=1S/C18H19FN4O3S/c1-3-26-18-7-5-15(8-16(18)19)27(24,25)22-10-13-4-6-17(20-9-13)14-11-21-23(2)12-14/h4-9,11-12,22H,3,10H2,1-2H3. The lowest BCUT2D eigenvalue weighted by Gasteiger charge is -2.09. The zero-order valence-corrected chi connectivity index (χ0v) is 15.7. The van der Waals surface area contributed by atoms with Gasteiger partial charge in [-0.05, 0) is 36.8 Å². The SMILES string of the molecule is CCOc1ccc(S(=O)(=O)NCc2ccc(-c3cnn(C)c3)nc2)cc1F. The van der Waals surface area contributed by atoms with Crippen LogP contribution in [0.25, 0.3) is 11.3 Å². The van der Waals surface area contributed by atoms with E-state index in [-0.39, 0.29) is 17.2 Å². The first-order chi connectivity index (χ1) is 12.9. The third kappa shape index (κ3) is 4.50. The van der Waals surface area contributed by atoms with Gasteiger partial charge in [0, 0.05) is 31.5 Å². The topological polar surface area (TPSA) is 86.1 Å². The average molecular weight is 390 g/mol. The van der Waals surface area contributed by atoms with E-state index in [0.717, 1.165) is 17.3 Å². The van der Waals surface area contributed by atoms with Crippen molar-refractivity contribution in [3.63, 3.8) is 0 Å². The molecule has 0 atom stereocenters. The molecular weight excluding hydrogens is 371 g/mol. The minimum atomic E-state index is -3.86. The maximum atomic E-state index is 13.9. The van der Waals surface area contributed by atoms with E-state index in [0.29, 0.717) is 12.2 Å². The number of benzene rings is 1. The number of halogens is 1. The second-order valence-corrected chi connectivity index (χ2v) is 7.57. The van der Waals surface area contributed by atoms with Gasteiger partial charge in [-0.25, -0.2) is 17.5 Å². The summed E-state index contributed by atoms with van der Waals surface area (Å²) in [6.07, 6.45) is 5.12. The third-order valence-electron chi connectivity index (χ3n) is 3.81.